The molecule has 1 fully saturated rings. The van der Waals surface area contributed by atoms with Crippen molar-refractivity contribution in [3.63, 3.8) is 0 Å². The van der Waals surface area contributed by atoms with Gasteiger partial charge in [-0.1, -0.05) is 6.92 Å². The van der Waals surface area contributed by atoms with E-state index >= 15 is 0 Å². The van der Waals surface area contributed by atoms with Crippen LogP contribution in [0.1, 0.15) is 19.8 Å². The maximum atomic E-state index is 11.0. The summed E-state index contributed by atoms with van der Waals surface area (Å²) in [4.78, 5) is 11.0. The summed E-state index contributed by atoms with van der Waals surface area (Å²) in [6.07, 6.45) is 0.913. The highest BCUT2D eigenvalue weighted by molar-refractivity contribution is 5.69. The first kappa shape index (κ1) is 9.48. The molecule has 0 saturated carbocycles. The second kappa shape index (κ2) is 5.11. The normalized spacial score (nSPS) is 23.6. The highest BCUT2D eigenvalue weighted by Gasteiger charge is 2.16. The molecule has 0 aromatic heterocycles. The van der Waals surface area contributed by atoms with Gasteiger partial charge in [-0.2, -0.15) is 0 Å². The molecule has 0 radical (unpaired) electrons. The molecule has 0 bridgehead atoms. The molecular formula is C8H15NO3. The van der Waals surface area contributed by atoms with Crippen molar-refractivity contribution in [2.45, 2.75) is 26.1 Å². The zero-order chi connectivity index (χ0) is 8.81. The Morgan fingerprint density at radius 2 is 2.58 bits per heavy atom. The van der Waals surface area contributed by atoms with Crippen LogP contribution in [0.15, 0.2) is 0 Å². The molecule has 1 saturated heterocycles. The molecule has 1 aliphatic rings. The molecule has 0 aromatic carbocycles. The van der Waals surface area contributed by atoms with Crippen LogP contribution in [0.4, 0.5) is 0 Å². The van der Waals surface area contributed by atoms with Gasteiger partial charge in [-0.25, -0.2) is 0 Å². The third kappa shape index (κ3) is 3.19. The Morgan fingerprint density at radius 1 is 1.75 bits per heavy atom. The molecular weight excluding hydrogens is 158 g/mol. The predicted octanol–water partition coefficient (Wildman–Crippen LogP) is 0.276. The topological polar surface area (TPSA) is 47.6 Å². The van der Waals surface area contributed by atoms with Crippen molar-refractivity contribution in [2.24, 2.45) is 0 Å². The van der Waals surface area contributed by atoms with E-state index in [1.54, 1.807) is 0 Å². The average Bonchev–Trinajstić information content (AvgIpc) is 2.06. The Labute approximate surface area is 72.2 Å². The van der Waals surface area contributed by atoms with E-state index < -0.39 is 0 Å². The fourth-order valence-electron chi connectivity index (χ4n) is 1.03. The Balaban J connectivity index is 2.15. The largest absolute Gasteiger partial charge is 0.434 e. The number of hydrogen-bond acceptors (Lipinski definition) is 4. The van der Waals surface area contributed by atoms with Gasteiger partial charge in [0.05, 0.1) is 13.2 Å². The molecule has 0 amide bonds. The van der Waals surface area contributed by atoms with Crippen molar-refractivity contribution in [3.05, 3.63) is 0 Å². The van der Waals surface area contributed by atoms with Gasteiger partial charge in [0.2, 0.25) is 6.29 Å². The summed E-state index contributed by atoms with van der Waals surface area (Å²) in [5.74, 6) is -0.175. The number of rotatable bonds is 3. The van der Waals surface area contributed by atoms with E-state index in [1.165, 1.54) is 0 Å². The van der Waals surface area contributed by atoms with E-state index in [1.807, 2.05) is 6.92 Å². The summed E-state index contributed by atoms with van der Waals surface area (Å²) >= 11 is 0. The minimum Gasteiger partial charge on any atom is -0.434 e. The minimum atomic E-state index is -0.377. The molecule has 1 unspecified atom stereocenters. The average molecular weight is 173 g/mol. The third-order valence-corrected chi connectivity index (χ3v) is 1.61. The van der Waals surface area contributed by atoms with Crippen LogP contribution < -0.4 is 5.32 Å². The number of morpholine rings is 1. The summed E-state index contributed by atoms with van der Waals surface area (Å²) < 4.78 is 10.2. The maximum Gasteiger partial charge on any atom is 0.308 e. The molecule has 0 aliphatic carbocycles. The number of carbonyl (C=O) groups excluding carboxylic acids is 1. The lowest BCUT2D eigenvalue weighted by Gasteiger charge is -2.23. The fraction of sp³-hybridized carbons (Fsp3) is 0.875. The Morgan fingerprint density at radius 3 is 3.17 bits per heavy atom. The standard InChI is InChI=1S/C8H15NO3/c1-2-3-7(10)12-8-6-9-4-5-11-8/h8-9H,2-6H2,1H3. The molecule has 4 heteroatoms. The van der Waals surface area contributed by atoms with Crippen LogP contribution in [0, 0.1) is 0 Å². The summed E-state index contributed by atoms with van der Waals surface area (Å²) in [5, 5.41) is 3.08. The van der Waals surface area contributed by atoms with Crippen molar-refractivity contribution < 1.29 is 14.3 Å². The number of nitrogens with one attached hydrogen (secondary N) is 1. The first-order valence-electron chi connectivity index (χ1n) is 4.34. The fourth-order valence-corrected chi connectivity index (χ4v) is 1.03. The van der Waals surface area contributed by atoms with Gasteiger partial charge < -0.3 is 14.8 Å². The van der Waals surface area contributed by atoms with Gasteiger partial charge in [0.1, 0.15) is 0 Å². The van der Waals surface area contributed by atoms with Gasteiger partial charge in [-0.3, -0.25) is 4.79 Å². The highest BCUT2D eigenvalue weighted by atomic mass is 16.7. The first-order chi connectivity index (χ1) is 5.83. The number of carbonyl (C=O) groups is 1. The lowest BCUT2D eigenvalue weighted by Crippen LogP contribution is -2.41. The summed E-state index contributed by atoms with van der Waals surface area (Å²) in [6, 6.07) is 0. The quantitative estimate of drug-likeness (QED) is 0.622. The van der Waals surface area contributed by atoms with Gasteiger partial charge in [-0.15, -0.1) is 0 Å². The monoisotopic (exact) mass is 173 g/mol. The first-order valence-corrected chi connectivity index (χ1v) is 4.34. The molecule has 4 nitrogen and oxygen atoms in total. The summed E-state index contributed by atoms with van der Waals surface area (Å²) in [7, 11) is 0. The second-order valence-corrected chi connectivity index (χ2v) is 2.74. The van der Waals surface area contributed by atoms with Crippen LogP contribution in [-0.2, 0) is 14.3 Å². The van der Waals surface area contributed by atoms with Gasteiger partial charge in [0.25, 0.3) is 0 Å². The van der Waals surface area contributed by atoms with Crippen molar-refractivity contribution in [2.75, 3.05) is 19.7 Å². The van der Waals surface area contributed by atoms with Gasteiger partial charge >= 0.3 is 5.97 Å². The second-order valence-electron chi connectivity index (χ2n) is 2.74. The van der Waals surface area contributed by atoms with Crippen LogP contribution >= 0.6 is 0 Å². The zero-order valence-electron chi connectivity index (χ0n) is 7.34. The molecule has 0 aromatic rings. The summed E-state index contributed by atoms with van der Waals surface area (Å²) in [5.41, 5.74) is 0. The van der Waals surface area contributed by atoms with Crippen molar-refractivity contribution >= 4 is 5.97 Å². The molecule has 70 valence electrons. The van der Waals surface area contributed by atoms with Gasteiger partial charge in [0.15, 0.2) is 0 Å². The minimum absolute atomic E-state index is 0.175. The third-order valence-electron chi connectivity index (χ3n) is 1.61. The van der Waals surface area contributed by atoms with Crippen molar-refractivity contribution in [3.8, 4) is 0 Å². The zero-order valence-corrected chi connectivity index (χ0v) is 7.34. The van der Waals surface area contributed by atoms with E-state index in [9.17, 15) is 4.79 Å². The van der Waals surface area contributed by atoms with E-state index in [4.69, 9.17) is 9.47 Å². The Kier molecular flexibility index (Phi) is 4.04. The van der Waals surface area contributed by atoms with E-state index in [0.29, 0.717) is 19.6 Å². The molecule has 1 N–H and O–H groups in total. The molecule has 1 rings (SSSR count). The van der Waals surface area contributed by atoms with E-state index in [0.717, 1.165) is 13.0 Å². The van der Waals surface area contributed by atoms with Gasteiger partial charge in [0, 0.05) is 13.0 Å². The van der Waals surface area contributed by atoms with Crippen molar-refractivity contribution in [1.29, 1.82) is 0 Å². The molecule has 12 heavy (non-hydrogen) atoms. The van der Waals surface area contributed by atoms with Crippen LogP contribution in [0.3, 0.4) is 0 Å². The van der Waals surface area contributed by atoms with Crippen LogP contribution in [0.5, 0.6) is 0 Å². The molecule has 0 spiro atoms. The molecule has 1 aliphatic heterocycles. The molecule has 1 atom stereocenters. The Hall–Kier alpha value is -0.610. The van der Waals surface area contributed by atoms with Crippen LogP contribution in [-0.4, -0.2) is 32.0 Å². The number of ether oxygens (including phenoxy) is 2. The Bertz CT molecular complexity index is 143. The summed E-state index contributed by atoms with van der Waals surface area (Å²) in [6.45, 7) is 4.00. The van der Waals surface area contributed by atoms with Crippen LogP contribution in [0.25, 0.3) is 0 Å². The van der Waals surface area contributed by atoms with Gasteiger partial charge in [-0.05, 0) is 6.42 Å². The van der Waals surface area contributed by atoms with Crippen LogP contribution in [0.2, 0.25) is 0 Å². The molecule has 1 heterocycles. The lowest BCUT2D eigenvalue weighted by atomic mass is 10.3. The SMILES string of the molecule is CCCC(=O)OC1CNCCO1. The lowest BCUT2D eigenvalue weighted by molar-refractivity contribution is -0.182. The smallest absolute Gasteiger partial charge is 0.308 e. The highest BCUT2D eigenvalue weighted by Crippen LogP contribution is 2.01. The van der Waals surface area contributed by atoms with E-state index in [2.05, 4.69) is 5.32 Å². The number of esters is 1. The predicted molar refractivity (Wildman–Crippen MR) is 43.6 cm³/mol. The van der Waals surface area contributed by atoms with E-state index in [-0.39, 0.29) is 12.3 Å². The van der Waals surface area contributed by atoms with Crippen molar-refractivity contribution in [1.82, 2.24) is 5.32 Å². The number of hydrogen-bond donors (Lipinski definition) is 1. The maximum absolute atomic E-state index is 11.0.